The minimum atomic E-state index is -1.80. The Kier molecular flexibility index (Phi) is 3.65. The molecule has 2 fully saturated rings. The fourth-order valence-corrected chi connectivity index (χ4v) is 2.80. The Morgan fingerprint density at radius 3 is 2.22 bits per heavy atom. The van der Waals surface area contributed by atoms with Crippen LogP contribution in [0.15, 0.2) is 0 Å². The number of ether oxygens (including phenoxy) is 2. The Morgan fingerprint density at radius 1 is 1.28 bits per heavy atom. The maximum Gasteiger partial charge on any atom is 0.259 e. The molecular weight excluding hydrogens is 237 g/mol. The topological polar surface area (TPSA) is 38.8 Å². The van der Waals surface area contributed by atoms with Crippen LogP contribution in [0.3, 0.4) is 0 Å². The molecule has 0 aromatic carbocycles. The maximum absolute atomic E-state index is 13.6. The highest BCUT2D eigenvalue weighted by atomic mass is 19.1. The van der Waals surface area contributed by atoms with Gasteiger partial charge in [-0.1, -0.05) is 0 Å². The number of nitrogens with zero attached hydrogens (tertiary/aromatic N) is 1. The second-order valence-electron chi connectivity index (χ2n) is 5.73. The van der Waals surface area contributed by atoms with Crippen molar-refractivity contribution in [1.29, 1.82) is 0 Å². The van der Waals surface area contributed by atoms with E-state index in [1.165, 1.54) is 13.8 Å². The smallest absolute Gasteiger partial charge is 0.259 e. The van der Waals surface area contributed by atoms with Crippen LogP contribution in [-0.4, -0.2) is 48.6 Å². The lowest BCUT2D eigenvalue weighted by Crippen LogP contribution is -2.49. The lowest BCUT2D eigenvalue weighted by molar-refractivity contribution is -0.185. The molecule has 1 saturated carbocycles. The summed E-state index contributed by atoms with van der Waals surface area (Å²) in [7, 11) is 1.68. The van der Waals surface area contributed by atoms with Crippen LogP contribution >= 0.6 is 0 Å². The summed E-state index contributed by atoms with van der Waals surface area (Å²) in [5.74, 6) is -0.872. The number of alkyl halides is 1. The maximum atomic E-state index is 13.6. The van der Waals surface area contributed by atoms with Gasteiger partial charge in [0.1, 0.15) is 0 Å². The third kappa shape index (κ3) is 2.67. The SMILES string of the molecule is CN(C(=O)C(C)(C)F)C1CCC2(CC1)OCCO2. The first-order valence-electron chi connectivity index (χ1n) is 6.58. The van der Waals surface area contributed by atoms with Crippen LogP contribution in [0.1, 0.15) is 39.5 Å². The minimum Gasteiger partial charge on any atom is -0.348 e. The zero-order chi connectivity index (χ0) is 13.4. The third-order valence-corrected chi connectivity index (χ3v) is 3.91. The molecule has 2 aliphatic rings. The van der Waals surface area contributed by atoms with Gasteiger partial charge in [0.05, 0.1) is 13.2 Å². The predicted molar refractivity (Wildman–Crippen MR) is 64.8 cm³/mol. The molecule has 18 heavy (non-hydrogen) atoms. The number of carbonyl (C=O) groups is 1. The highest BCUT2D eigenvalue weighted by Gasteiger charge is 2.43. The van der Waals surface area contributed by atoms with E-state index >= 15 is 0 Å². The van der Waals surface area contributed by atoms with Crippen LogP contribution in [0.2, 0.25) is 0 Å². The van der Waals surface area contributed by atoms with E-state index in [4.69, 9.17) is 9.47 Å². The molecule has 104 valence electrons. The molecule has 0 radical (unpaired) electrons. The van der Waals surface area contributed by atoms with E-state index in [0.717, 1.165) is 25.7 Å². The van der Waals surface area contributed by atoms with Crippen molar-refractivity contribution in [2.24, 2.45) is 0 Å². The molecule has 0 unspecified atom stereocenters. The molecule has 0 aromatic rings. The number of rotatable bonds is 2. The molecule has 1 aliphatic carbocycles. The van der Waals surface area contributed by atoms with E-state index in [1.54, 1.807) is 11.9 Å². The van der Waals surface area contributed by atoms with Crippen molar-refractivity contribution in [1.82, 2.24) is 4.90 Å². The standard InChI is InChI=1S/C13H22FNO3/c1-12(2,14)11(16)15(3)10-4-6-13(7-5-10)17-8-9-18-13/h10H,4-9H2,1-3H3. The highest BCUT2D eigenvalue weighted by Crippen LogP contribution is 2.37. The number of hydrogen-bond acceptors (Lipinski definition) is 3. The molecule has 4 nitrogen and oxygen atoms in total. The van der Waals surface area contributed by atoms with Gasteiger partial charge in [-0.2, -0.15) is 0 Å². The first-order valence-corrected chi connectivity index (χ1v) is 6.58. The Labute approximate surface area is 107 Å². The number of hydrogen-bond donors (Lipinski definition) is 0. The van der Waals surface area contributed by atoms with Gasteiger partial charge in [0.2, 0.25) is 0 Å². The Balaban J connectivity index is 1.91. The number of amides is 1. The summed E-state index contributed by atoms with van der Waals surface area (Å²) in [4.78, 5) is 13.4. The van der Waals surface area contributed by atoms with Crippen molar-refractivity contribution in [3.05, 3.63) is 0 Å². The van der Waals surface area contributed by atoms with E-state index < -0.39 is 17.4 Å². The second kappa shape index (κ2) is 4.78. The van der Waals surface area contributed by atoms with E-state index in [9.17, 15) is 9.18 Å². The Morgan fingerprint density at radius 2 is 1.78 bits per heavy atom. The van der Waals surface area contributed by atoms with Gasteiger partial charge in [-0.3, -0.25) is 4.79 Å². The molecule has 1 spiro atoms. The van der Waals surface area contributed by atoms with Gasteiger partial charge >= 0.3 is 0 Å². The summed E-state index contributed by atoms with van der Waals surface area (Å²) in [6, 6.07) is 0.0888. The van der Waals surface area contributed by atoms with Crippen molar-refractivity contribution < 1.29 is 18.7 Å². The van der Waals surface area contributed by atoms with Crippen molar-refractivity contribution in [2.45, 2.75) is 57.0 Å². The van der Waals surface area contributed by atoms with Gasteiger partial charge in [0, 0.05) is 25.9 Å². The number of halogens is 1. The van der Waals surface area contributed by atoms with Gasteiger partial charge in [-0.25, -0.2) is 4.39 Å². The van der Waals surface area contributed by atoms with Crippen LogP contribution in [0.25, 0.3) is 0 Å². The monoisotopic (exact) mass is 259 g/mol. The largest absolute Gasteiger partial charge is 0.348 e. The van der Waals surface area contributed by atoms with Crippen molar-refractivity contribution in [3.63, 3.8) is 0 Å². The molecule has 1 aliphatic heterocycles. The fourth-order valence-electron chi connectivity index (χ4n) is 2.80. The summed E-state index contributed by atoms with van der Waals surface area (Å²) in [5, 5.41) is 0. The first-order chi connectivity index (χ1) is 8.34. The summed E-state index contributed by atoms with van der Waals surface area (Å²) < 4.78 is 24.9. The molecule has 0 N–H and O–H groups in total. The Bertz CT molecular complexity index is 311. The zero-order valence-electron chi connectivity index (χ0n) is 11.4. The summed E-state index contributed by atoms with van der Waals surface area (Å²) in [6.07, 6.45) is 3.17. The number of carbonyl (C=O) groups excluding carboxylic acids is 1. The molecule has 0 atom stereocenters. The molecule has 1 heterocycles. The highest BCUT2D eigenvalue weighted by molar-refractivity contribution is 5.84. The summed E-state index contributed by atoms with van der Waals surface area (Å²) in [6.45, 7) is 3.91. The lowest BCUT2D eigenvalue weighted by atomic mass is 9.88. The van der Waals surface area contributed by atoms with Gasteiger partial charge in [-0.15, -0.1) is 0 Å². The predicted octanol–water partition coefficient (Wildman–Crippen LogP) is 1.88. The third-order valence-electron chi connectivity index (χ3n) is 3.91. The molecule has 1 saturated heterocycles. The summed E-state index contributed by atoms with van der Waals surface area (Å²) >= 11 is 0. The van der Waals surface area contributed by atoms with Crippen LogP contribution in [0, 0.1) is 0 Å². The Hall–Kier alpha value is -0.680. The van der Waals surface area contributed by atoms with E-state index in [0.29, 0.717) is 13.2 Å². The quantitative estimate of drug-likeness (QED) is 0.760. The van der Waals surface area contributed by atoms with Gasteiger partial charge in [0.15, 0.2) is 11.5 Å². The lowest BCUT2D eigenvalue weighted by Gasteiger charge is -2.40. The average Bonchev–Trinajstić information content (AvgIpc) is 2.75. The van der Waals surface area contributed by atoms with Crippen molar-refractivity contribution in [3.8, 4) is 0 Å². The molecule has 5 heteroatoms. The van der Waals surface area contributed by atoms with Gasteiger partial charge in [-0.05, 0) is 26.7 Å². The average molecular weight is 259 g/mol. The molecule has 0 aromatic heterocycles. The van der Waals surface area contributed by atoms with Gasteiger partial charge < -0.3 is 14.4 Å². The summed E-state index contributed by atoms with van der Waals surface area (Å²) in [5.41, 5.74) is -1.80. The minimum absolute atomic E-state index is 0.0888. The molecular formula is C13H22FNO3. The zero-order valence-corrected chi connectivity index (χ0v) is 11.4. The van der Waals surface area contributed by atoms with Crippen LogP contribution < -0.4 is 0 Å². The molecule has 2 rings (SSSR count). The normalized spacial score (nSPS) is 24.4. The molecule has 0 bridgehead atoms. The van der Waals surface area contributed by atoms with E-state index in [1.807, 2.05) is 0 Å². The van der Waals surface area contributed by atoms with Crippen LogP contribution in [0.4, 0.5) is 4.39 Å². The van der Waals surface area contributed by atoms with Gasteiger partial charge in [0.25, 0.3) is 5.91 Å². The van der Waals surface area contributed by atoms with Crippen molar-refractivity contribution >= 4 is 5.91 Å². The van der Waals surface area contributed by atoms with E-state index in [-0.39, 0.29) is 6.04 Å². The van der Waals surface area contributed by atoms with E-state index in [2.05, 4.69) is 0 Å². The van der Waals surface area contributed by atoms with Crippen LogP contribution in [0.5, 0.6) is 0 Å². The first kappa shape index (κ1) is 13.7. The second-order valence-corrected chi connectivity index (χ2v) is 5.73. The van der Waals surface area contributed by atoms with Crippen molar-refractivity contribution in [2.75, 3.05) is 20.3 Å². The molecule has 1 amide bonds. The fraction of sp³-hybridized carbons (Fsp3) is 0.923. The van der Waals surface area contributed by atoms with Crippen LogP contribution in [-0.2, 0) is 14.3 Å².